The van der Waals surface area contributed by atoms with Crippen molar-refractivity contribution in [2.24, 2.45) is 0 Å². The van der Waals surface area contributed by atoms with Crippen LogP contribution in [0.3, 0.4) is 0 Å². The van der Waals surface area contributed by atoms with Gasteiger partial charge in [-0.2, -0.15) is 0 Å². The molecule has 0 radical (unpaired) electrons. The molecule has 0 bridgehead atoms. The molecule has 2 N–H and O–H groups in total. The van der Waals surface area contributed by atoms with Crippen LogP contribution in [-0.2, 0) is 14.8 Å². The highest BCUT2D eigenvalue weighted by Gasteiger charge is 2.17. The summed E-state index contributed by atoms with van der Waals surface area (Å²) in [5, 5.41) is 3.20. The first kappa shape index (κ1) is 21.6. The fraction of sp³-hybridized carbons (Fsp3) is 0.316. The van der Waals surface area contributed by atoms with Gasteiger partial charge in [0.05, 0.1) is 16.7 Å². The molecule has 1 unspecified atom stereocenters. The van der Waals surface area contributed by atoms with Gasteiger partial charge in [-0.3, -0.25) is 9.52 Å². The zero-order valence-electron chi connectivity index (χ0n) is 15.5. The Bertz CT molecular complexity index is 900. The smallest absolute Gasteiger partial charge is 0.237 e. The number of sulfonamides is 1. The van der Waals surface area contributed by atoms with E-state index in [2.05, 4.69) is 10.0 Å². The van der Waals surface area contributed by atoms with Gasteiger partial charge in [-0.1, -0.05) is 24.6 Å². The maximum Gasteiger partial charge on any atom is 0.237 e. The summed E-state index contributed by atoms with van der Waals surface area (Å²) >= 11 is 7.30. The van der Waals surface area contributed by atoms with E-state index in [1.165, 1.54) is 11.8 Å². The number of halogens is 1. The largest absolute Gasteiger partial charge is 0.325 e. The van der Waals surface area contributed by atoms with Crippen molar-refractivity contribution < 1.29 is 13.2 Å². The van der Waals surface area contributed by atoms with Crippen LogP contribution in [0.15, 0.2) is 47.4 Å². The number of carbonyl (C=O) groups is 1. The molecule has 8 heteroatoms. The quantitative estimate of drug-likeness (QED) is 0.587. The second-order valence-corrected chi connectivity index (χ2v) is 9.79. The SMILES string of the molecule is CCCS(=O)(=O)Nc1cccc(NC(=O)C(C)Sc2ccc(Cl)cc2)c1C. The van der Waals surface area contributed by atoms with E-state index in [1.54, 1.807) is 37.3 Å². The van der Waals surface area contributed by atoms with Gasteiger partial charge >= 0.3 is 0 Å². The lowest BCUT2D eigenvalue weighted by atomic mass is 10.1. The summed E-state index contributed by atoms with van der Waals surface area (Å²) in [4.78, 5) is 13.5. The Labute approximate surface area is 169 Å². The first-order valence-electron chi connectivity index (χ1n) is 8.55. The molecule has 0 saturated carbocycles. The molecule has 0 fully saturated rings. The maximum atomic E-state index is 12.5. The van der Waals surface area contributed by atoms with Gasteiger partial charge in [0, 0.05) is 15.6 Å². The molecule has 0 saturated heterocycles. The molecule has 0 heterocycles. The molecule has 146 valence electrons. The van der Waals surface area contributed by atoms with Gasteiger partial charge in [0.1, 0.15) is 0 Å². The topological polar surface area (TPSA) is 75.3 Å². The second-order valence-electron chi connectivity index (χ2n) is 6.10. The van der Waals surface area contributed by atoms with Gasteiger partial charge in [0.2, 0.25) is 15.9 Å². The number of nitrogens with one attached hydrogen (secondary N) is 2. The van der Waals surface area contributed by atoms with E-state index in [0.29, 0.717) is 28.4 Å². The summed E-state index contributed by atoms with van der Waals surface area (Å²) in [6, 6.07) is 12.4. The zero-order chi connectivity index (χ0) is 20.0. The predicted octanol–water partition coefficient (Wildman–Crippen LogP) is 4.92. The average Bonchev–Trinajstić information content (AvgIpc) is 2.60. The Morgan fingerprint density at radius 3 is 2.41 bits per heavy atom. The van der Waals surface area contributed by atoms with Crippen molar-refractivity contribution in [3.8, 4) is 0 Å². The lowest BCUT2D eigenvalue weighted by Gasteiger charge is -2.16. The van der Waals surface area contributed by atoms with Crippen molar-refractivity contribution in [2.45, 2.75) is 37.3 Å². The second kappa shape index (κ2) is 9.48. The summed E-state index contributed by atoms with van der Waals surface area (Å²) in [6.07, 6.45) is 0.532. The summed E-state index contributed by atoms with van der Waals surface area (Å²) < 4.78 is 26.6. The molecule has 27 heavy (non-hydrogen) atoms. The van der Waals surface area contributed by atoms with Crippen LogP contribution in [0, 0.1) is 6.92 Å². The van der Waals surface area contributed by atoms with Crippen LogP contribution < -0.4 is 10.0 Å². The van der Waals surface area contributed by atoms with Crippen LogP contribution in [0.2, 0.25) is 5.02 Å². The lowest BCUT2D eigenvalue weighted by Crippen LogP contribution is -2.23. The summed E-state index contributed by atoms with van der Waals surface area (Å²) in [5.74, 6) is -0.107. The lowest BCUT2D eigenvalue weighted by molar-refractivity contribution is -0.115. The van der Waals surface area contributed by atoms with Crippen molar-refractivity contribution in [1.29, 1.82) is 0 Å². The summed E-state index contributed by atoms with van der Waals surface area (Å²) in [7, 11) is -3.39. The summed E-state index contributed by atoms with van der Waals surface area (Å²) in [5.41, 5.74) is 1.73. The molecular weight excluding hydrogens is 404 g/mol. The van der Waals surface area contributed by atoms with Crippen molar-refractivity contribution in [3.05, 3.63) is 53.1 Å². The highest BCUT2D eigenvalue weighted by Crippen LogP contribution is 2.28. The first-order chi connectivity index (χ1) is 12.7. The Morgan fingerprint density at radius 2 is 1.78 bits per heavy atom. The van der Waals surface area contributed by atoms with E-state index in [4.69, 9.17) is 11.6 Å². The van der Waals surface area contributed by atoms with Crippen LogP contribution in [0.25, 0.3) is 0 Å². The molecule has 2 aromatic carbocycles. The average molecular weight is 427 g/mol. The molecule has 0 aromatic heterocycles. The summed E-state index contributed by atoms with van der Waals surface area (Å²) in [6.45, 7) is 5.40. The number of hydrogen-bond donors (Lipinski definition) is 2. The number of hydrogen-bond acceptors (Lipinski definition) is 4. The molecule has 2 aromatic rings. The molecule has 1 atom stereocenters. The number of anilines is 2. The minimum absolute atomic E-state index is 0.0534. The third kappa shape index (κ3) is 6.45. The number of benzene rings is 2. The van der Waals surface area contributed by atoms with Crippen LogP contribution >= 0.6 is 23.4 Å². The monoisotopic (exact) mass is 426 g/mol. The Kier molecular flexibility index (Phi) is 7.59. The number of rotatable bonds is 8. The molecule has 2 rings (SSSR count). The standard InChI is InChI=1S/C19H23ClN2O3S2/c1-4-12-27(24,25)22-18-7-5-6-17(13(18)2)21-19(23)14(3)26-16-10-8-15(20)9-11-16/h5-11,14,22H,4,12H2,1-3H3,(H,21,23). The van der Waals surface area contributed by atoms with Crippen molar-refractivity contribution >= 4 is 50.7 Å². The fourth-order valence-corrected chi connectivity index (χ4v) is 4.56. The Morgan fingerprint density at radius 1 is 1.15 bits per heavy atom. The fourth-order valence-electron chi connectivity index (χ4n) is 2.37. The number of thioether (sulfide) groups is 1. The minimum atomic E-state index is -3.39. The maximum absolute atomic E-state index is 12.5. The van der Waals surface area contributed by atoms with E-state index in [1.807, 2.05) is 26.0 Å². The molecule has 0 aliphatic heterocycles. The molecule has 1 amide bonds. The third-order valence-corrected chi connectivity index (χ3v) is 6.67. The third-order valence-electron chi connectivity index (χ3n) is 3.83. The van der Waals surface area contributed by atoms with Gasteiger partial charge in [0.15, 0.2) is 0 Å². The van der Waals surface area contributed by atoms with Crippen LogP contribution in [0.5, 0.6) is 0 Å². The van der Waals surface area contributed by atoms with E-state index in [9.17, 15) is 13.2 Å². The molecule has 0 spiro atoms. The van der Waals surface area contributed by atoms with Crippen LogP contribution in [0.4, 0.5) is 11.4 Å². The minimum Gasteiger partial charge on any atom is -0.325 e. The van der Waals surface area contributed by atoms with E-state index in [0.717, 1.165) is 4.90 Å². The number of amides is 1. The number of carbonyl (C=O) groups excluding carboxylic acids is 1. The van der Waals surface area contributed by atoms with Gasteiger partial charge in [-0.15, -0.1) is 11.8 Å². The Hall–Kier alpha value is -1.70. The highest BCUT2D eigenvalue weighted by molar-refractivity contribution is 8.00. The van der Waals surface area contributed by atoms with E-state index in [-0.39, 0.29) is 16.9 Å². The zero-order valence-corrected chi connectivity index (χ0v) is 17.8. The molecule has 5 nitrogen and oxygen atoms in total. The highest BCUT2D eigenvalue weighted by atomic mass is 35.5. The van der Waals surface area contributed by atoms with Gasteiger partial charge in [-0.05, 0) is 62.2 Å². The molecule has 0 aliphatic rings. The van der Waals surface area contributed by atoms with Crippen molar-refractivity contribution in [3.63, 3.8) is 0 Å². The van der Waals surface area contributed by atoms with Crippen molar-refractivity contribution in [2.75, 3.05) is 15.8 Å². The van der Waals surface area contributed by atoms with Crippen molar-refractivity contribution in [1.82, 2.24) is 0 Å². The van der Waals surface area contributed by atoms with Gasteiger partial charge < -0.3 is 5.32 Å². The van der Waals surface area contributed by atoms with Crippen LogP contribution in [0.1, 0.15) is 25.8 Å². The van der Waals surface area contributed by atoms with E-state index < -0.39 is 10.0 Å². The van der Waals surface area contributed by atoms with Crippen LogP contribution in [-0.4, -0.2) is 25.3 Å². The first-order valence-corrected chi connectivity index (χ1v) is 11.5. The normalized spacial score (nSPS) is 12.4. The van der Waals surface area contributed by atoms with Gasteiger partial charge in [-0.25, -0.2) is 8.42 Å². The van der Waals surface area contributed by atoms with E-state index >= 15 is 0 Å². The molecular formula is C19H23ClN2O3S2. The predicted molar refractivity (Wildman–Crippen MR) is 114 cm³/mol. The Balaban J connectivity index is 2.08. The molecule has 0 aliphatic carbocycles. The van der Waals surface area contributed by atoms with Gasteiger partial charge in [0.25, 0.3) is 0 Å².